The zero-order valence-electron chi connectivity index (χ0n) is 13.4. The summed E-state index contributed by atoms with van der Waals surface area (Å²) in [5.74, 6) is 0.640. The highest BCUT2D eigenvalue weighted by atomic mass is 35.5. The van der Waals surface area contributed by atoms with Crippen molar-refractivity contribution < 1.29 is 9.21 Å². The molecule has 3 N–H and O–H groups in total. The molecule has 0 aromatic carbocycles. The Morgan fingerprint density at radius 3 is 2.61 bits per heavy atom. The van der Waals surface area contributed by atoms with Crippen molar-refractivity contribution >= 4 is 30.7 Å². The molecule has 2 rings (SSSR count). The predicted molar refractivity (Wildman–Crippen MR) is 95.1 cm³/mol. The number of nitrogens with two attached hydrogens (primary N) is 1. The Kier molecular flexibility index (Phi) is 8.90. The van der Waals surface area contributed by atoms with E-state index in [0.29, 0.717) is 11.3 Å². The number of hydrogen-bond donors (Lipinski definition) is 2. The number of furan rings is 1. The van der Waals surface area contributed by atoms with Gasteiger partial charge in [0, 0.05) is 6.20 Å². The molecule has 128 valence electrons. The van der Waals surface area contributed by atoms with Crippen LogP contribution in [0.2, 0.25) is 0 Å². The lowest BCUT2D eigenvalue weighted by atomic mass is 9.97. The van der Waals surface area contributed by atoms with E-state index in [1.165, 1.54) is 6.26 Å². The molecule has 1 unspecified atom stereocenters. The smallest absolute Gasteiger partial charge is 0.255 e. The number of halogens is 2. The van der Waals surface area contributed by atoms with E-state index in [0.717, 1.165) is 11.3 Å². The van der Waals surface area contributed by atoms with Gasteiger partial charge < -0.3 is 15.5 Å². The van der Waals surface area contributed by atoms with E-state index in [1.807, 2.05) is 19.1 Å². The first-order chi connectivity index (χ1) is 10.0. The van der Waals surface area contributed by atoms with Crippen molar-refractivity contribution in [2.75, 3.05) is 0 Å². The molecule has 0 bridgehead atoms. The minimum atomic E-state index is -0.179. The number of aryl methyl sites for hydroxylation is 1. The molecule has 7 heteroatoms. The third kappa shape index (κ3) is 5.23. The summed E-state index contributed by atoms with van der Waals surface area (Å²) in [6.07, 6.45) is 3.18. The third-order valence-corrected chi connectivity index (χ3v) is 3.41. The normalized spacial score (nSPS) is 11.3. The fourth-order valence-corrected chi connectivity index (χ4v) is 2.21. The first-order valence-electron chi connectivity index (χ1n) is 7.02. The van der Waals surface area contributed by atoms with E-state index in [1.54, 1.807) is 12.3 Å². The predicted octanol–water partition coefficient (Wildman–Crippen LogP) is 3.41. The largest absolute Gasteiger partial charge is 0.467 e. The minimum Gasteiger partial charge on any atom is -0.467 e. The molecule has 5 nitrogen and oxygen atoms in total. The van der Waals surface area contributed by atoms with E-state index in [2.05, 4.69) is 24.1 Å². The van der Waals surface area contributed by atoms with Gasteiger partial charge in [-0.05, 0) is 30.5 Å². The van der Waals surface area contributed by atoms with Gasteiger partial charge in [0.05, 0.1) is 23.8 Å². The molecule has 1 amide bonds. The Morgan fingerprint density at radius 1 is 1.39 bits per heavy atom. The van der Waals surface area contributed by atoms with Gasteiger partial charge in [0.25, 0.3) is 5.91 Å². The van der Waals surface area contributed by atoms with Gasteiger partial charge in [0.15, 0.2) is 0 Å². The molecular weight excluding hydrogens is 337 g/mol. The van der Waals surface area contributed by atoms with Crippen LogP contribution in [0.1, 0.15) is 47.3 Å². The number of nitrogens with one attached hydrogen (secondary N) is 1. The quantitative estimate of drug-likeness (QED) is 0.856. The molecule has 0 radical (unpaired) electrons. The summed E-state index contributed by atoms with van der Waals surface area (Å²) in [6.45, 7) is 6.38. The molecule has 0 spiro atoms. The van der Waals surface area contributed by atoms with Gasteiger partial charge in [-0.25, -0.2) is 0 Å². The molecule has 0 saturated carbocycles. The van der Waals surface area contributed by atoms with Crippen molar-refractivity contribution in [3.05, 3.63) is 53.2 Å². The van der Waals surface area contributed by atoms with Crippen LogP contribution in [-0.4, -0.2) is 10.9 Å². The van der Waals surface area contributed by atoms with Gasteiger partial charge in [-0.1, -0.05) is 19.9 Å². The molecule has 1 atom stereocenters. The zero-order chi connectivity index (χ0) is 15.4. The Balaban J connectivity index is 0.00000242. The summed E-state index contributed by atoms with van der Waals surface area (Å²) in [5.41, 5.74) is 7.92. The fourth-order valence-electron chi connectivity index (χ4n) is 2.21. The van der Waals surface area contributed by atoms with Gasteiger partial charge in [0.2, 0.25) is 0 Å². The zero-order valence-corrected chi connectivity index (χ0v) is 15.0. The van der Waals surface area contributed by atoms with Crippen molar-refractivity contribution in [3.63, 3.8) is 0 Å². The highest BCUT2D eigenvalue weighted by Gasteiger charge is 2.22. The lowest BCUT2D eigenvalue weighted by molar-refractivity contribution is 0.0923. The molecule has 0 aliphatic rings. The molecule has 0 saturated heterocycles. The number of carbonyl (C=O) groups excluding carboxylic acids is 1. The van der Waals surface area contributed by atoms with Crippen molar-refractivity contribution in [1.82, 2.24) is 10.3 Å². The summed E-state index contributed by atoms with van der Waals surface area (Å²) >= 11 is 0. The molecule has 0 fully saturated rings. The number of carbonyl (C=O) groups is 1. The first kappa shape index (κ1) is 21.4. The van der Waals surface area contributed by atoms with Gasteiger partial charge >= 0.3 is 0 Å². The maximum Gasteiger partial charge on any atom is 0.255 e. The van der Waals surface area contributed by atoms with Gasteiger partial charge in [-0.3, -0.25) is 9.78 Å². The van der Waals surface area contributed by atoms with E-state index >= 15 is 0 Å². The van der Waals surface area contributed by atoms with Gasteiger partial charge in [-0.2, -0.15) is 0 Å². The van der Waals surface area contributed by atoms with Crippen LogP contribution in [0.25, 0.3) is 0 Å². The second kappa shape index (κ2) is 9.55. The van der Waals surface area contributed by atoms with Crippen LogP contribution < -0.4 is 11.1 Å². The molecule has 23 heavy (non-hydrogen) atoms. The lowest BCUT2D eigenvalue weighted by Gasteiger charge is -2.23. The standard InChI is InChI=1S/C16H21N3O2.2ClH/c1-10(2)14(15-11(3)5-4-6-18-15)19-16(20)12-7-13(8-17)21-9-12;;/h4-7,9-10,14H,8,17H2,1-3H3,(H,19,20);2*1H. The topological polar surface area (TPSA) is 81.2 Å². The van der Waals surface area contributed by atoms with Crippen LogP contribution in [-0.2, 0) is 6.54 Å². The highest BCUT2D eigenvalue weighted by molar-refractivity contribution is 5.94. The van der Waals surface area contributed by atoms with Crippen molar-refractivity contribution in [3.8, 4) is 0 Å². The molecule has 2 aromatic rings. The van der Waals surface area contributed by atoms with E-state index in [4.69, 9.17) is 10.2 Å². The van der Waals surface area contributed by atoms with Crippen LogP contribution in [0, 0.1) is 12.8 Å². The summed E-state index contributed by atoms with van der Waals surface area (Å²) in [5, 5.41) is 3.03. The Morgan fingerprint density at radius 2 is 2.09 bits per heavy atom. The van der Waals surface area contributed by atoms with Crippen LogP contribution in [0.4, 0.5) is 0 Å². The second-order valence-electron chi connectivity index (χ2n) is 5.41. The number of aromatic nitrogens is 1. The molecular formula is C16H23Cl2N3O2. The van der Waals surface area contributed by atoms with E-state index < -0.39 is 0 Å². The van der Waals surface area contributed by atoms with Crippen LogP contribution in [0.5, 0.6) is 0 Å². The number of rotatable bonds is 5. The monoisotopic (exact) mass is 359 g/mol. The second-order valence-corrected chi connectivity index (χ2v) is 5.41. The Labute approximate surface area is 148 Å². The number of pyridine rings is 1. The van der Waals surface area contributed by atoms with Crippen molar-refractivity contribution in [1.29, 1.82) is 0 Å². The van der Waals surface area contributed by atoms with Crippen LogP contribution in [0.3, 0.4) is 0 Å². The number of amides is 1. The summed E-state index contributed by atoms with van der Waals surface area (Å²) < 4.78 is 5.20. The summed E-state index contributed by atoms with van der Waals surface area (Å²) in [4.78, 5) is 16.7. The summed E-state index contributed by atoms with van der Waals surface area (Å²) in [6, 6.07) is 5.41. The van der Waals surface area contributed by atoms with Gasteiger partial charge in [-0.15, -0.1) is 24.8 Å². The Hall–Kier alpha value is -1.56. The third-order valence-electron chi connectivity index (χ3n) is 3.41. The maximum absolute atomic E-state index is 12.3. The molecule has 2 aromatic heterocycles. The van der Waals surface area contributed by atoms with E-state index in [-0.39, 0.29) is 49.2 Å². The average molecular weight is 360 g/mol. The number of hydrogen-bond acceptors (Lipinski definition) is 4. The summed E-state index contributed by atoms with van der Waals surface area (Å²) in [7, 11) is 0. The fraction of sp³-hybridized carbons (Fsp3) is 0.375. The van der Waals surface area contributed by atoms with Crippen LogP contribution >= 0.6 is 24.8 Å². The minimum absolute atomic E-state index is 0. The Bertz CT molecular complexity index is 629. The average Bonchev–Trinajstić information content (AvgIpc) is 2.94. The van der Waals surface area contributed by atoms with E-state index in [9.17, 15) is 4.79 Å². The number of nitrogens with zero attached hydrogens (tertiary/aromatic N) is 1. The molecule has 2 heterocycles. The van der Waals surface area contributed by atoms with Crippen molar-refractivity contribution in [2.24, 2.45) is 11.7 Å². The van der Waals surface area contributed by atoms with Crippen LogP contribution in [0.15, 0.2) is 35.1 Å². The highest BCUT2D eigenvalue weighted by Crippen LogP contribution is 2.23. The maximum atomic E-state index is 12.3. The molecule has 0 aliphatic carbocycles. The molecule has 0 aliphatic heterocycles. The van der Waals surface area contributed by atoms with Gasteiger partial charge in [0.1, 0.15) is 12.0 Å². The van der Waals surface area contributed by atoms with Crippen molar-refractivity contribution in [2.45, 2.75) is 33.4 Å². The first-order valence-corrected chi connectivity index (χ1v) is 7.02. The lowest BCUT2D eigenvalue weighted by Crippen LogP contribution is -2.32. The SMILES string of the molecule is Cc1cccnc1C(NC(=O)c1coc(CN)c1)C(C)C.Cl.Cl.